The molecule has 0 spiro atoms. The number of aromatic nitrogens is 1. The van der Waals surface area contributed by atoms with Crippen molar-refractivity contribution in [2.24, 2.45) is 0 Å². The van der Waals surface area contributed by atoms with Crippen LogP contribution in [0.1, 0.15) is 25.3 Å². The van der Waals surface area contributed by atoms with Crippen molar-refractivity contribution in [3.05, 3.63) is 17.1 Å². The van der Waals surface area contributed by atoms with E-state index in [-0.39, 0.29) is 11.9 Å². The zero-order valence-corrected chi connectivity index (χ0v) is 12.8. The highest BCUT2D eigenvalue weighted by Crippen LogP contribution is 2.29. The molecular formula is C14H20N4OS. The van der Waals surface area contributed by atoms with Gasteiger partial charge in [0.05, 0.1) is 26.6 Å². The second-order valence-electron chi connectivity index (χ2n) is 5.04. The molecule has 6 heteroatoms. The Balaban J connectivity index is 1.99. The predicted molar refractivity (Wildman–Crippen MR) is 85.2 cm³/mol. The highest BCUT2D eigenvalue weighted by molar-refractivity contribution is 7.18. The van der Waals surface area contributed by atoms with Gasteiger partial charge in [-0.25, -0.2) is 4.98 Å². The first-order valence-corrected chi connectivity index (χ1v) is 7.47. The molecule has 0 saturated carbocycles. The van der Waals surface area contributed by atoms with Gasteiger partial charge in [-0.15, -0.1) is 11.3 Å². The SMILES string of the molecule is Cc1nc2cc(NCCC(=O)NC(C)C)c(N)cc2s1. The Bertz CT molecular complexity index is 621. The fourth-order valence-corrected chi connectivity index (χ4v) is 2.82. The number of nitrogen functional groups attached to an aromatic ring is 1. The second kappa shape index (κ2) is 6.09. The van der Waals surface area contributed by atoms with Crippen molar-refractivity contribution in [3.63, 3.8) is 0 Å². The number of aryl methyl sites for hydroxylation is 1. The van der Waals surface area contributed by atoms with E-state index in [1.165, 1.54) is 0 Å². The van der Waals surface area contributed by atoms with Crippen LogP contribution in [0.5, 0.6) is 0 Å². The molecule has 1 amide bonds. The lowest BCUT2D eigenvalue weighted by molar-refractivity contribution is -0.121. The maximum absolute atomic E-state index is 11.6. The van der Waals surface area contributed by atoms with Crippen molar-refractivity contribution in [2.45, 2.75) is 33.2 Å². The van der Waals surface area contributed by atoms with Gasteiger partial charge < -0.3 is 16.4 Å². The molecule has 0 aliphatic rings. The van der Waals surface area contributed by atoms with Crippen LogP contribution in [-0.4, -0.2) is 23.5 Å². The van der Waals surface area contributed by atoms with Crippen LogP contribution in [0, 0.1) is 6.92 Å². The number of carbonyl (C=O) groups excluding carboxylic acids is 1. The third kappa shape index (κ3) is 3.60. The van der Waals surface area contributed by atoms with Crippen LogP contribution in [0.25, 0.3) is 10.2 Å². The minimum Gasteiger partial charge on any atom is -0.397 e. The first kappa shape index (κ1) is 14.6. The van der Waals surface area contributed by atoms with Crippen molar-refractivity contribution in [1.82, 2.24) is 10.3 Å². The number of nitrogens with two attached hydrogens (primary N) is 1. The summed E-state index contributed by atoms with van der Waals surface area (Å²) >= 11 is 1.63. The second-order valence-corrected chi connectivity index (χ2v) is 6.27. The molecule has 2 aromatic rings. The van der Waals surface area contributed by atoms with Crippen molar-refractivity contribution < 1.29 is 4.79 Å². The Morgan fingerprint density at radius 1 is 1.45 bits per heavy atom. The fourth-order valence-electron chi connectivity index (χ4n) is 1.96. The van der Waals surface area contributed by atoms with E-state index in [9.17, 15) is 4.79 Å². The number of carbonyl (C=O) groups is 1. The Hall–Kier alpha value is -1.82. The van der Waals surface area contributed by atoms with Gasteiger partial charge in [-0.3, -0.25) is 4.79 Å². The molecule has 0 bridgehead atoms. The maximum atomic E-state index is 11.6. The van der Waals surface area contributed by atoms with Crippen LogP contribution >= 0.6 is 11.3 Å². The Morgan fingerprint density at radius 2 is 2.20 bits per heavy atom. The van der Waals surface area contributed by atoms with Crippen molar-refractivity contribution in [3.8, 4) is 0 Å². The molecule has 2 rings (SSSR count). The van der Waals surface area contributed by atoms with Gasteiger partial charge in [-0.1, -0.05) is 0 Å². The summed E-state index contributed by atoms with van der Waals surface area (Å²) in [5.41, 5.74) is 8.47. The normalized spacial score (nSPS) is 11.0. The quantitative estimate of drug-likeness (QED) is 0.740. The topological polar surface area (TPSA) is 80.0 Å². The lowest BCUT2D eigenvalue weighted by Gasteiger charge is -2.11. The number of hydrogen-bond donors (Lipinski definition) is 3. The molecule has 1 aromatic heterocycles. The average Bonchev–Trinajstić information content (AvgIpc) is 2.67. The number of rotatable bonds is 5. The molecule has 0 aliphatic carbocycles. The van der Waals surface area contributed by atoms with E-state index in [4.69, 9.17) is 5.73 Å². The summed E-state index contributed by atoms with van der Waals surface area (Å²) in [6.45, 7) is 6.42. The van der Waals surface area contributed by atoms with Crippen LogP contribution < -0.4 is 16.4 Å². The van der Waals surface area contributed by atoms with E-state index in [2.05, 4.69) is 15.6 Å². The van der Waals surface area contributed by atoms with Gasteiger partial charge >= 0.3 is 0 Å². The Labute approximate surface area is 122 Å². The number of fused-ring (bicyclic) bond motifs is 1. The summed E-state index contributed by atoms with van der Waals surface area (Å²) in [5.74, 6) is 0.0386. The van der Waals surface area contributed by atoms with E-state index in [0.29, 0.717) is 18.7 Å². The van der Waals surface area contributed by atoms with Crippen LogP contribution in [0.3, 0.4) is 0 Å². The molecule has 1 aromatic carbocycles. The highest BCUT2D eigenvalue weighted by Gasteiger charge is 2.07. The van der Waals surface area contributed by atoms with Gasteiger partial charge in [-0.2, -0.15) is 0 Å². The van der Waals surface area contributed by atoms with Gasteiger partial charge in [0.1, 0.15) is 0 Å². The van der Waals surface area contributed by atoms with Gasteiger partial charge in [0.25, 0.3) is 0 Å². The first-order chi connectivity index (χ1) is 9.45. The van der Waals surface area contributed by atoms with Crippen molar-refractivity contribution in [2.75, 3.05) is 17.6 Å². The van der Waals surface area contributed by atoms with Crippen molar-refractivity contribution in [1.29, 1.82) is 0 Å². The molecule has 4 N–H and O–H groups in total. The lowest BCUT2D eigenvalue weighted by Crippen LogP contribution is -2.31. The number of nitrogens with one attached hydrogen (secondary N) is 2. The summed E-state index contributed by atoms with van der Waals surface area (Å²) in [5, 5.41) is 7.07. The fraction of sp³-hybridized carbons (Fsp3) is 0.429. The number of nitrogens with zero attached hydrogens (tertiary/aromatic N) is 1. The van der Waals surface area contributed by atoms with Gasteiger partial charge in [0.15, 0.2) is 0 Å². The maximum Gasteiger partial charge on any atom is 0.221 e. The van der Waals surface area contributed by atoms with E-state index < -0.39 is 0 Å². The number of benzene rings is 1. The minimum atomic E-state index is 0.0386. The minimum absolute atomic E-state index is 0.0386. The third-order valence-corrected chi connectivity index (χ3v) is 3.72. The van der Waals surface area contributed by atoms with E-state index in [1.54, 1.807) is 11.3 Å². The zero-order valence-electron chi connectivity index (χ0n) is 12.0. The van der Waals surface area contributed by atoms with Crippen LogP contribution in [0.4, 0.5) is 11.4 Å². The summed E-state index contributed by atoms with van der Waals surface area (Å²) in [7, 11) is 0. The molecule has 0 fully saturated rings. The lowest BCUT2D eigenvalue weighted by atomic mass is 10.2. The smallest absolute Gasteiger partial charge is 0.221 e. The molecule has 0 atom stereocenters. The number of amides is 1. The summed E-state index contributed by atoms with van der Waals surface area (Å²) in [4.78, 5) is 16.0. The van der Waals surface area contributed by atoms with Crippen LogP contribution in [-0.2, 0) is 4.79 Å². The standard InChI is InChI=1S/C14H20N4OS/c1-8(2)17-14(19)4-5-16-11-7-12-13(6-10(11)15)20-9(3)18-12/h6-8,16H,4-5,15H2,1-3H3,(H,17,19). The predicted octanol–water partition coefficient (Wildman–Crippen LogP) is 2.51. The Morgan fingerprint density at radius 3 is 2.90 bits per heavy atom. The molecule has 5 nitrogen and oxygen atoms in total. The first-order valence-electron chi connectivity index (χ1n) is 6.65. The number of anilines is 2. The summed E-state index contributed by atoms with van der Waals surface area (Å²) < 4.78 is 1.09. The number of hydrogen-bond acceptors (Lipinski definition) is 5. The highest BCUT2D eigenvalue weighted by atomic mass is 32.1. The number of thiazole rings is 1. The van der Waals surface area contributed by atoms with Gasteiger partial charge in [0, 0.05) is 19.0 Å². The molecule has 0 unspecified atom stereocenters. The molecule has 0 aliphatic heterocycles. The molecule has 0 saturated heterocycles. The van der Waals surface area contributed by atoms with E-state index in [1.807, 2.05) is 32.9 Å². The van der Waals surface area contributed by atoms with E-state index in [0.717, 1.165) is 20.9 Å². The van der Waals surface area contributed by atoms with Gasteiger partial charge in [0.2, 0.25) is 5.91 Å². The Kier molecular flexibility index (Phi) is 4.44. The molecular weight excluding hydrogens is 272 g/mol. The van der Waals surface area contributed by atoms with Gasteiger partial charge in [-0.05, 0) is 32.9 Å². The largest absolute Gasteiger partial charge is 0.397 e. The molecule has 1 heterocycles. The molecule has 0 radical (unpaired) electrons. The summed E-state index contributed by atoms with van der Waals surface area (Å²) in [6.07, 6.45) is 0.422. The van der Waals surface area contributed by atoms with Crippen molar-refractivity contribution >= 4 is 38.8 Å². The monoisotopic (exact) mass is 292 g/mol. The average molecular weight is 292 g/mol. The molecule has 20 heavy (non-hydrogen) atoms. The van der Waals surface area contributed by atoms with E-state index >= 15 is 0 Å². The zero-order chi connectivity index (χ0) is 14.7. The van der Waals surface area contributed by atoms with Crippen LogP contribution in [0.15, 0.2) is 12.1 Å². The third-order valence-electron chi connectivity index (χ3n) is 2.78. The molecule has 108 valence electrons. The summed E-state index contributed by atoms with van der Waals surface area (Å²) in [6, 6.07) is 4.03. The van der Waals surface area contributed by atoms with Crippen LogP contribution in [0.2, 0.25) is 0 Å².